The smallest absolute Gasteiger partial charge is 0.232 e. The fraction of sp³-hybridized carbons (Fsp3) is 0.571. The van der Waals surface area contributed by atoms with Gasteiger partial charge in [0.05, 0.1) is 5.75 Å². The van der Waals surface area contributed by atoms with Crippen LogP contribution in [0.25, 0.3) is 0 Å². The summed E-state index contributed by atoms with van der Waals surface area (Å²) in [7, 11) is -3.18. The standard InChI is InChI=1S/C14H21NO2S/c1-14(2,3)12-5-4-6-13(9-12)15-18(16,17)10-11-7-8-11/h4-6,9,11,15H,7-8,10H2,1-3H3. The van der Waals surface area contributed by atoms with Crippen molar-refractivity contribution in [2.75, 3.05) is 10.5 Å². The Bertz CT molecular complexity index is 525. The summed E-state index contributed by atoms with van der Waals surface area (Å²) < 4.78 is 26.5. The van der Waals surface area contributed by atoms with Crippen LogP contribution in [0.4, 0.5) is 5.69 Å². The molecule has 0 spiro atoms. The summed E-state index contributed by atoms with van der Waals surface area (Å²) in [6.07, 6.45) is 2.09. The van der Waals surface area contributed by atoms with Crippen LogP contribution in [0.5, 0.6) is 0 Å². The first kappa shape index (κ1) is 13.4. The van der Waals surface area contributed by atoms with Gasteiger partial charge in [0.15, 0.2) is 0 Å². The summed E-state index contributed by atoms with van der Waals surface area (Å²) in [5.74, 6) is 0.625. The fourth-order valence-electron chi connectivity index (χ4n) is 1.87. The van der Waals surface area contributed by atoms with Crippen molar-refractivity contribution < 1.29 is 8.42 Å². The van der Waals surface area contributed by atoms with Gasteiger partial charge in [0.1, 0.15) is 0 Å². The van der Waals surface area contributed by atoms with Crippen molar-refractivity contribution in [1.29, 1.82) is 0 Å². The molecular formula is C14H21NO2S. The van der Waals surface area contributed by atoms with Gasteiger partial charge in [-0.15, -0.1) is 0 Å². The van der Waals surface area contributed by atoms with E-state index in [1.54, 1.807) is 6.07 Å². The van der Waals surface area contributed by atoms with Crippen LogP contribution < -0.4 is 4.72 Å². The lowest BCUT2D eigenvalue weighted by Crippen LogP contribution is -2.18. The van der Waals surface area contributed by atoms with Crippen LogP contribution in [-0.4, -0.2) is 14.2 Å². The van der Waals surface area contributed by atoms with Crippen LogP contribution in [0.1, 0.15) is 39.2 Å². The summed E-state index contributed by atoms with van der Waals surface area (Å²) >= 11 is 0. The molecule has 0 aliphatic heterocycles. The van der Waals surface area contributed by atoms with Crippen molar-refractivity contribution in [2.24, 2.45) is 5.92 Å². The van der Waals surface area contributed by atoms with Crippen molar-refractivity contribution in [3.8, 4) is 0 Å². The first-order valence-electron chi connectivity index (χ1n) is 6.37. The molecule has 1 aromatic carbocycles. The molecule has 0 bridgehead atoms. The Morgan fingerprint density at radius 3 is 2.50 bits per heavy atom. The second-order valence-electron chi connectivity index (χ2n) is 6.16. The average molecular weight is 267 g/mol. The van der Waals surface area contributed by atoms with Crippen LogP contribution in [0.3, 0.4) is 0 Å². The fourth-order valence-corrected chi connectivity index (χ4v) is 3.39. The van der Waals surface area contributed by atoms with Crippen LogP contribution in [-0.2, 0) is 15.4 Å². The van der Waals surface area contributed by atoms with Crippen molar-refractivity contribution in [1.82, 2.24) is 0 Å². The molecule has 1 aliphatic rings. The van der Waals surface area contributed by atoms with Gasteiger partial charge in [-0.1, -0.05) is 32.9 Å². The third-order valence-electron chi connectivity index (χ3n) is 3.15. The van der Waals surface area contributed by atoms with Gasteiger partial charge in [0.2, 0.25) is 10.0 Å². The molecule has 100 valence electrons. The highest BCUT2D eigenvalue weighted by atomic mass is 32.2. The molecule has 1 saturated carbocycles. The quantitative estimate of drug-likeness (QED) is 0.911. The van der Waals surface area contributed by atoms with E-state index in [9.17, 15) is 8.42 Å². The summed E-state index contributed by atoms with van der Waals surface area (Å²) in [6, 6.07) is 7.65. The van der Waals surface area contributed by atoms with E-state index in [4.69, 9.17) is 0 Å². The maximum Gasteiger partial charge on any atom is 0.232 e. The molecule has 0 unspecified atom stereocenters. The highest BCUT2D eigenvalue weighted by molar-refractivity contribution is 7.92. The molecular weight excluding hydrogens is 246 g/mol. The Hall–Kier alpha value is -1.03. The topological polar surface area (TPSA) is 46.2 Å². The molecule has 1 fully saturated rings. The van der Waals surface area contributed by atoms with Crippen LogP contribution in [0.2, 0.25) is 0 Å². The van der Waals surface area contributed by atoms with Gasteiger partial charge in [-0.25, -0.2) is 8.42 Å². The van der Waals surface area contributed by atoms with E-state index in [-0.39, 0.29) is 11.2 Å². The number of hydrogen-bond donors (Lipinski definition) is 1. The molecule has 0 atom stereocenters. The second kappa shape index (κ2) is 4.57. The summed E-state index contributed by atoms with van der Waals surface area (Å²) in [5, 5.41) is 0. The minimum atomic E-state index is -3.18. The highest BCUT2D eigenvalue weighted by Crippen LogP contribution is 2.31. The lowest BCUT2D eigenvalue weighted by Gasteiger charge is -2.20. The molecule has 1 aromatic rings. The predicted molar refractivity (Wildman–Crippen MR) is 75.3 cm³/mol. The van der Waals surface area contributed by atoms with Gasteiger partial charge in [0.25, 0.3) is 0 Å². The molecule has 0 aromatic heterocycles. The van der Waals surface area contributed by atoms with Crippen molar-refractivity contribution in [3.63, 3.8) is 0 Å². The zero-order valence-electron chi connectivity index (χ0n) is 11.2. The van der Waals surface area contributed by atoms with E-state index in [0.29, 0.717) is 11.6 Å². The molecule has 0 amide bonds. The maximum atomic E-state index is 11.9. The Morgan fingerprint density at radius 1 is 1.28 bits per heavy atom. The summed E-state index contributed by atoms with van der Waals surface area (Å²) in [6.45, 7) is 6.35. The van der Waals surface area contributed by atoms with Crippen molar-refractivity contribution >= 4 is 15.7 Å². The molecule has 3 nitrogen and oxygen atoms in total. The van der Waals surface area contributed by atoms with E-state index in [0.717, 1.165) is 18.4 Å². The molecule has 4 heteroatoms. The van der Waals surface area contributed by atoms with Crippen LogP contribution in [0, 0.1) is 5.92 Å². The number of sulfonamides is 1. The number of anilines is 1. The average Bonchev–Trinajstić information content (AvgIpc) is 2.99. The minimum absolute atomic E-state index is 0.0257. The lowest BCUT2D eigenvalue weighted by atomic mass is 9.87. The largest absolute Gasteiger partial charge is 0.284 e. The molecule has 18 heavy (non-hydrogen) atoms. The van der Waals surface area contributed by atoms with Gasteiger partial charge in [-0.2, -0.15) is 0 Å². The second-order valence-corrected chi connectivity index (χ2v) is 7.92. The van der Waals surface area contributed by atoms with Crippen LogP contribution >= 0.6 is 0 Å². The van der Waals surface area contributed by atoms with E-state index in [1.165, 1.54) is 0 Å². The maximum absolute atomic E-state index is 11.9. The van der Waals surface area contributed by atoms with E-state index in [2.05, 4.69) is 25.5 Å². The zero-order valence-corrected chi connectivity index (χ0v) is 12.0. The normalized spacial score (nSPS) is 16.6. The Balaban J connectivity index is 2.14. The van der Waals surface area contributed by atoms with Gasteiger partial charge < -0.3 is 0 Å². The number of hydrogen-bond acceptors (Lipinski definition) is 2. The first-order chi connectivity index (χ1) is 8.26. The van der Waals surface area contributed by atoms with Crippen LogP contribution in [0.15, 0.2) is 24.3 Å². The number of rotatable bonds is 4. The van der Waals surface area contributed by atoms with E-state index in [1.807, 2.05) is 18.2 Å². The summed E-state index contributed by atoms with van der Waals surface area (Å²) in [4.78, 5) is 0. The lowest BCUT2D eigenvalue weighted by molar-refractivity contribution is 0.589. The number of benzene rings is 1. The van der Waals surface area contributed by atoms with Gasteiger partial charge in [-0.3, -0.25) is 4.72 Å². The van der Waals surface area contributed by atoms with E-state index < -0.39 is 10.0 Å². The Labute approximate surface area is 110 Å². The van der Waals surface area contributed by atoms with E-state index >= 15 is 0 Å². The monoisotopic (exact) mass is 267 g/mol. The highest BCUT2D eigenvalue weighted by Gasteiger charge is 2.28. The molecule has 0 heterocycles. The molecule has 1 N–H and O–H groups in total. The van der Waals surface area contributed by atoms with Gasteiger partial charge >= 0.3 is 0 Å². The predicted octanol–water partition coefficient (Wildman–Crippen LogP) is 3.14. The molecule has 2 rings (SSSR count). The Kier molecular flexibility index (Phi) is 3.41. The third-order valence-corrected chi connectivity index (χ3v) is 4.61. The van der Waals surface area contributed by atoms with Crippen molar-refractivity contribution in [2.45, 2.75) is 39.0 Å². The zero-order chi connectivity index (χ0) is 13.4. The molecule has 0 saturated heterocycles. The number of nitrogens with one attached hydrogen (secondary N) is 1. The third kappa shape index (κ3) is 3.73. The van der Waals surface area contributed by atoms with Gasteiger partial charge in [0, 0.05) is 5.69 Å². The molecule has 1 aliphatic carbocycles. The Morgan fingerprint density at radius 2 is 1.94 bits per heavy atom. The van der Waals surface area contributed by atoms with Gasteiger partial charge in [-0.05, 0) is 41.9 Å². The molecule has 0 radical (unpaired) electrons. The summed E-state index contributed by atoms with van der Waals surface area (Å²) in [5.41, 5.74) is 1.83. The first-order valence-corrected chi connectivity index (χ1v) is 8.02. The SMILES string of the molecule is CC(C)(C)c1cccc(NS(=O)(=O)CC2CC2)c1. The van der Waals surface area contributed by atoms with Crippen molar-refractivity contribution in [3.05, 3.63) is 29.8 Å². The minimum Gasteiger partial charge on any atom is -0.284 e.